The highest BCUT2D eigenvalue weighted by Crippen LogP contribution is 2.26. The first-order chi connectivity index (χ1) is 12.3. The van der Waals surface area contributed by atoms with E-state index in [4.69, 9.17) is 0 Å². The van der Waals surface area contributed by atoms with E-state index in [0.29, 0.717) is 24.3 Å². The lowest BCUT2D eigenvalue weighted by Gasteiger charge is -2.17. The number of rotatable bonds is 3. The van der Waals surface area contributed by atoms with Crippen molar-refractivity contribution in [3.8, 4) is 0 Å². The molecule has 1 heterocycles. The summed E-state index contributed by atoms with van der Waals surface area (Å²) in [6.45, 7) is 0.380. The van der Waals surface area contributed by atoms with Crippen molar-refractivity contribution >= 4 is 38.9 Å². The van der Waals surface area contributed by atoms with Crippen molar-refractivity contribution in [3.63, 3.8) is 0 Å². The number of sulfonamides is 1. The van der Waals surface area contributed by atoms with Gasteiger partial charge in [-0.1, -0.05) is 6.07 Å². The summed E-state index contributed by atoms with van der Waals surface area (Å²) in [5.41, 5.74) is 1.01. The van der Waals surface area contributed by atoms with Gasteiger partial charge in [0.1, 0.15) is 5.82 Å². The molecule has 0 spiro atoms. The Hall–Kier alpha value is -2.94. The Morgan fingerprint density at radius 2 is 1.62 bits per heavy atom. The maximum absolute atomic E-state index is 12.9. The molecule has 0 aliphatic carbocycles. The third-order valence-electron chi connectivity index (χ3n) is 3.80. The number of carbonyl (C=O) groups excluding carboxylic acids is 2. The molecule has 0 bridgehead atoms. The van der Waals surface area contributed by atoms with E-state index < -0.39 is 27.7 Å². The molecule has 0 atom stereocenters. The molecule has 0 aromatic heterocycles. The molecule has 1 saturated heterocycles. The van der Waals surface area contributed by atoms with Crippen LogP contribution in [0.25, 0.3) is 0 Å². The number of nitrogens with zero attached hydrogens (tertiary/aromatic N) is 1. The van der Waals surface area contributed by atoms with Crippen LogP contribution in [0.1, 0.15) is 6.42 Å². The molecular weight excluding hydrogens is 361 g/mol. The van der Waals surface area contributed by atoms with Crippen molar-refractivity contribution in [3.05, 3.63) is 54.3 Å². The highest BCUT2D eigenvalue weighted by atomic mass is 32.2. The van der Waals surface area contributed by atoms with Gasteiger partial charge in [-0.3, -0.25) is 13.9 Å². The molecule has 0 saturated carbocycles. The molecule has 1 aliphatic rings. The molecule has 2 aromatic carbocycles. The molecule has 0 radical (unpaired) electrons. The maximum Gasteiger partial charge on any atom is 0.314 e. The van der Waals surface area contributed by atoms with Crippen LogP contribution >= 0.6 is 0 Å². The molecule has 2 aromatic rings. The standard InChI is InChI=1S/C17H16FN3O4S/c18-12-5-7-13(8-6-12)19-16(22)17(23)20-14-3-1-4-15(11-14)21-9-2-10-26(21,24)25/h1,3-8,11H,2,9-10H2,(H,19,22)(H,20,23). The Balaban J connectivity index is 1.68. The van der Waals surface area contributed by atoms with Crippen LogP contribution in [0, 0.1) is 5.82 Å². The zero-order valence-corrected chi connectivity index (χ0v) is 14.4. The smallest absolute Gasteiger partial charge is 0.314 e. The van der Waals surface area contributed by atoms with Crippen LogP contribution in [-0.2, 0) is 19.6 Å². The fourth-order valence-electron chi connectivity index (χ4n) is 2.58. The van der Waals surface area contributed by atoms with Crippen LogP contribution in [0.4, 0.5) is 21.5 Å². The number of hydrogen-bond acceptors (Lipinski definition) is 4. The fraction of sp³-hybridized carbons (Fsp3) is 0.176. The van der Waals surface area contributed by atoms with Gasteiger partial charge in [-0.2, -0.15) is 0 Å². The van der Waals surface area contributed by atoms with Gasteiger partial charge in [0.15, 0.2) is 0 Å². The van der Waals surface area contributed by atoms with Crippen LogP contribution < -0.4 is 14.9 Å². The average Bonchev–Trinajstić information content (AvgIpc) is 2.96. The highest BCUT2D eigenvalue weighted by molar-refractivity contribution is 7.93. The lowest BCUT2D eigenvalue weighted by Crippen LogP contribution is -2.29. The fourth-order valence-corrected chi connectivity index (χ4v) is 4.13. The van der Waals surface area contributed by atoms with Crippen molar-refractivity contribution in [2.24, 2.45) is 0 Å². The molecule has 2 N–H and O–H groups in total. The van der Waals surface area contributed by atoms with Gasteiger partial charge in [-0.25, -0.2) is 12.8 Å². The van der Waals surface area contributed by atoms with E-state index in [9.17, 15) is 22.4 Å². The van der Waals surface area contributed by atoms with Gasteiger partial charge in [-0.05, 0) is 48.9 Å². The van der Waals surface area contributed by atoms with E-state index in [1.54, 1.807) is 18.2 Å². The number of carbonyl (C=O) groups is 2. The van der Waals surface area contributed by atoms with Gasteiger partial charge < -0.3 is 10.6 Å². The summed E-state index contributed by atoms with van der Waals surface area (Å²) in [7, 11) is -3.34. The maximum atomic E-state index is 12.9. The predicted octanol–water partition coefficient (Wildman–Crippen LogP) is 1.94. The first-order valence-electron chi connectivity index (χ1n) is 7.83. The SMILES string of the molecule is O=C(Nc1ccc(F)cc1)C(=O)Nc1cccc(N2CCCS2(=O)=O)c1. The summed E-state index contributed by atoms with van der Waals surface area (Å²) in [5, 5.41) is 4.77. The third-order valence-corrected chi connectivity index (χ3v) is 5.67. The van der Waals surface area contributed by atoms with Crippen LogP contribution in [-0.4, -0.2) is 32.5 Å². The summed E-state index contributed by atoms with van der Waals surface area (Å²) in [6, 6.07) is 11.2. The molecule has 1 aliphatic heterocycles. The molecule has 1 fully saturated rings. The van der Waals surface area contributed by atoms with E-state index in [1.165, 1.54) is 22.5 Å². The number of nitrogens with one attached hydrogen (secondary N) is 2. The summed E-state index contributed by atoms with van der Waals surface area (Å²) in [5.74, 6) is -2.21. The minimum atomic E-state index is -3.34. The number of benzene rings is 2. The molecule has 26 heavy (non-hydrogen) atoms. The number of anilines is 3. The van der Waals surface area contributed by atoms with Crippen molar-refractivity contribution in [2.75, 3.05) is 27.2 Å². The van der Waals surface area contributed by atoms with Crippen molar-refractivity contribution in [1.82, 2.24) is 0 Å². The Morgan fingerprint density at radius 1 is 0.962 bits per heavy atom. The highest BCUT2D eigenvalue weighted by Gasteiger charge is 2.28. The molecule has 9 heteroatoms. The number of amides is 2. The van der Waals surface area contributed by atoms with Crippen LogP contribution in [0.15, 0.2) is 48.5 Å². The number of hydrogen-bond donors (Lipinski definition) is 2. The lowest BCUT2D eigenvalue weighted by molar-refractivity contribution is -0.132. The largest absolute Gasteiger partial charge is 0.318 e. The van der Waals surface area contributed by atoms with Gasteiger partial charge in [-0.15, -0.1) is 0 Å². The number of halogens is 1. The molecule has 136 valence electrons. The van der Waals surface area contributed by atoms with E-state index in [2.05, 4.69) is 10.6 Å². The van der Waals surface area contributed by atoms with E-state index in [0.717, 1.165) is 12.1 Å². The van der Waals surface area contributed by atoms with Crippen LogP contribution in [0.3, 0.4) is 0 Å². The van der Waals surface area contributed by atoms with Crippen molar-refractivity contribution in [1.29, 1.82) is 0 Å². The van der Waals surface area contributed by atoms with Gasteiger partial charge in [0.2, 0.25) is 10.0 Å². The summed E-state index contributed by atoms with van der Waals surface area (Å²) >= 11 is 0. The Kier molecular flexibility index (Phi) is 4.90. The third kappa shape index (κ3) is 3.99. The van der Waals surface area contributed by atoms with E-state index >= 15 is 0 Å². The van der Waals surface area contributed by atoms with Crippen LogP contribution in [0.2, 0.25) is 0 Å². The monoisotopic (exact) mass is 377 g/mol. The second kappa shape index (κ2) is 7.12. The zero-order valence-electron chi connectivity index (χ0n) is 13.6. The summed E-state index contributed by atoms with van der Waals surface area (Å²) in [4.78, 5) is 23.9. The Labute approximate surface area is 149 Å². The molecule has 7 nitrogen and oxygen atoms in total. The first kappa shape index (κ1) is 17.9. The normalized spacial score (nSPS) is 15.5. The first-order valence-corrected chi connectivity index (χ1v) is 9.44. The van der Waals surface area contributed by atoms with E-state index in [-0.39, 0.29) is 11.4 Å². The second-order valence-corrected chi connectivity index (χ2v) is 7.72. The molecular formula is C17H16FN3O4S. The topological polar surface area (TPSA) is 95.6 Å². The lowest BCUT2D eigenvalue weighted by atomic mass is 10.2. The zero-order chi connectivity index (χ0) is 18.7. The van der Waals surface area contributed by atoms with Gasteiger partial charge >= 0.3 is 11.8 Å². The predicted molar refractivity (Wildman–Crippen MR) is 95.9 cm³/mol. The van der Waals surface area contributed by atoms with Crippen molar-refractivity contribution in [2.45, 2.75) is 6.42 Å². The van der Waals surface area contributed by atoms with Gasteiger partial charge in [0.05, 0.1) is 11.4 Å². The summed E-state index contributed by atoms with van der Waals surface area (Å²) in [6.07, 6.45) is 0.541. The van der Waals surface area contributed by atoms with E-state index in [1.807, 2.05) is 0 Å². The molecule has 0 unspecified atom stereocenters. The molecule has 3 rings (SSSR count). The average molecular weight is 377 g/mol. The Bertz CT molecular complexity index is 945. The Morgan fingerprint density at radius 3 is 2.23 bits per heavy atom. The molecule has 2 amide bonds. The van der Waals surface area contributed by atoms with Crippen LogP contribution in [0.5, 0.6) is 0 Å². The van der Waals surface area contributed by atoms with Gasteiger partial charge in [0.25, 0.3) is 0 Å². The second-order valence-electron chi connectivity index (χ2n) is 5.71. The summed E-state index contributed by atoms with van der Waals surface area (Å²) < 4.78 is 38.1. The quantitative estimate of drug-likeness (QED) is 0.799. The van der Waals surface area contributed by atoms with Crippen molar-refractivity contribution < 1.29 is 22.4 Å². The minimum absolute atomic E-state index is 0.0870. The minimum Gasteiger partial charge on any atom is -0.318 e. The van der Waals surface area contributed by atoms with Gasteiger partial charge in [0, 0.05) is 17.9 Å².